The molecular formula is C13H26N2O3. The van der Waals surface area contributed by atoms with Gasteiger partial charge in [0.05, 0.1) is 0 Å². The van der Waals surface area contributed by atoms with Crippen molar-refractivity contribution in [1.82, 2.24) is 10.8 Å². The molecule has 0 heterocycles. The summed E-state index contributed by atoms with van der Waals surface area (Å²) in [5.74, 6) is -0.347. The van der Waals surface area contributed by atoms with Crippen LogP contribution in [0.5, 0.6) is 0 Å². The van der Waals surface area contributed by atoms with Crippen molar-refractivity contribution in [1.29, 1.82) is 0 Å². The highest BCUT2D eigenvalue weighted by molar-refractivity contribution is 5.76. The largest absolute Gasteiger partial charge is 0.356 e. The van der Waals surface area contributed by atoms with Crippen molar-refractivity contribution in [2.45, 2.75) is 58.8 Å². The molecule has 1 atom stereocenters. The summed E-state index contributed by atoms with van der Waals surface area (Å²) >= 11 is 0. The van der Waals surface area contributed by atoms with Crippen LogP contribution in [0.3, 0.4) is 0 Å². The number of unbranched alkanes of at least 4 members (excludes halogenated alkanes) is 4. The molecule has 1 unspecified atom stereocenters. The minimum absolute atomic E-state index is 0.0289. The van der Waals surface area contributed by atoms with Crippen molar-refractivity contribution in [3.05, 3.63) is 0 Å². The van der Waals surface area contributed by atoms with Gasteiger partial charge in [0.15, 0.2) is 0 Å². The first-order valence-corrected chi connectivity index (χ1v) is 6.79. The highest BCUT2D eigenvalue weighted by Crippen LogP contribution is 2.05. The molecule has 0 radical (unpaired) electrons. The highest BCUT2D eigenvalue weighted by Gasteiger charge is 2.09. The fourth-order valence-electron chi connectivity index (χ4n) is 1.70. The summed E-state index contributed by atoms with van der Waals surface area (Å²) in [5, 5.41) is 11.2. The Kier molecular flexibility index (Phi) is 10.3. The molecule has 0 aliphatic carbocycles. The number of carbonyl (C=O) groups is 2. The second-order valence-electron chi connectivity index (χ2n) is 4.81. The van der Waals surface area contributed by atoms with E-state index in [2.05, 4.69) is 12.2 Å². The van der Waals surface area contributed by atoms with Gasteiger partial charge in [0, 0.05) is 19.4 Å². The number of amides is 2. The summed E-state index contributed by atoms with van der Waals surface area (Å²) in [6.45, 7) is 4.49. The molecule has 0 rings (SSSR count). The van der Waals surface area contributed by atoms with Crippen LogP contribution in [0, 0.1) is 5.92 Å². The zero-order chi connectivity index (χ0) is 13.8. The first-order chi connectivity index (χ1) is 8.60. The second kappa shape index (κ2) is 11.0. The lowest BCUT2D eigenvalue weighted by atomic mass is 10.1. The smallest absolute Gasteiger partial charge is 0.243 e. The van der Waals surface area contributed by atoms with Gasteiger partial charge in [0.2, 0.25) is 11.8 Å². The first-order valence-electron chi connectivity index (χ1n) is 6.79. The van der Waals surface area contributed by atoms with Crippen LogP contribution in [0.4, 0.5) is 0 Å². The fraction of sp³-hybridized carbons (Fsp3) is 0.846. The third-order valence-corrected chi connectivity index (χ3v) is 2.81. The van der Waals surface area contributed by atoms with Crippen molar-refractivity contribution < 1.29 is 14.8 Å². The summed E-state index contributed by atoms with van der Waals surface area (Å²) in [4.78, 5) is 22.3. The minimum atomic E-state index is -0.420. The van der Waals surface area contributed by atoms with E-state index in [4.69, 9.17) is 5.21 Å². The summed E-state index contributed by atoms with van der Waals surface area (Å²) in [6, 6.07) is 0. The number of hydroxylamine groups is 1. The average Bonchev–Trinajstić information content (AvgIpc) is 2.36. The summed E-state index contributed by atoms with van der Waals surface area (Å²) in [6.07, 6.45) is 6.43. The fourth-order valence-corrected chi connectivity index (χ4v) is 1.70. The molecule has 0 aromatic rings. The molecule has 0 spiro atoms. The van der Waals surface area contributed by atoms with E-state index in [1.807, 2.05) is 6.92 Å². The van der Waals surface area contributed by atoms with Gasteiger partial charge in [-0.1, -0.05) is 39.5 Å². The van der Waals surface area contributed by atoms with Crippen LogP contribution in [0.15, 0.2) is 0 Å². The van der Waals surface area contributed by atoms with E-state index < -0.39 is 5.91 Å². The number of hydrogen-bond donors (Lipinski definition) is 3. The molecule has 2 amide bonds. The van der Waals surface area contributed by atoms with Gasteiger partial charge in [-0.25, -0.2) is 5.48 Å². The van der Waals surface area contributed by atoms with Gasteiger partial charge in [0.25, 0.3) is 0 Å². The lowest BCUT2D eigenvalue weighted by Gasteiger charge is -2.11. The van der Waals surface area contributed by atoms with E-state index in [-0.39, 0.29) is 18.2 Å². The van der Waals surface area contributed by atoms with Crippen LogP contribution >= 0.6 is 0 Å². The quantitative estimate of drug-likeness (QED) is 0.318. The zero-order valence-electron chi connectivity index (χ0n) is 11.5. The zero-order valence-corrected chi connectivity index (χ0v) is 11.5. The number of rotatable bonds is 10. The summed E-state index contributed by atoms with van der Waals surface area (Å²) < 4.78 is 0. The minimum Gasteiger partial charge on any atom is -0.356 e. The normalized spacial score (nSPS) is 11.9. The predicted octanol–water partition coefficient (Wildman–Crippen LogP) is 1.99. The van der Waals surface area contributed by atoms with Crippen molar-refractivity contribution in [3.8, 4) is 0 Å². The molecule has 0 saturated heterocycles. The molecule has 18 heavy (non-hydrogen) atoms. The van der Waals surface area contributed by atoms with Gasteiger partial charge in [-0.15, -0.1) is 0 Å². The predicted molar refractivity (Wildman–Crippen MR) is 70.1 cm³/mol. The highest BCUT2D eigenvalue weighted by atomic mass is 16.5. The average molecular weight is 258 g/mol. The van der Waals surface area contributed by atoms with Crippen LogP contribution in [-0.2, 0) is 9.59 Å². The molecule has 106 valence electrons. The van der Waals surface area contributed by atoms with Gasteiger partial charge in [-0.05, 0) is 12.3 Å². The molecule has 5 nitrogen and oxygen atoms in total. The molecule has 0 aromatic carbocycles. The first kappa shape index (κ1) is 16.9. The van der Waals surface area contributed by atoms with Crippen molar-refractivity contribution in [2.75, 3.05) is 6.54 Å². The Morgan fingerprint density at radius 1 is 1.11 bits per heavy atom. The van der Waals surface area contributed by atoms with E-state index in [1.165, 1.54) is 19.3 Å². The number of nitrogens with one attached hydrogen (secondary N) is 2. The molecule has 5 heteroatoms. The van der Waals surface area contributed by atoms with Gasteiger partial charge >= 0.3 is 0 Å². The van der Waals surface area contributed by atoms with E-state index in [0.29, 0.717) is 13.0 Å². The van der Waals surface area contributed by atoms with Gasteiger partial charge in [-0.2, -0.15) is 0 Å². The molecule has 0 aliphatic rings. The maximum Gasteiger partial charge on any atom is 0.243 e. The van der Waals surface area contributed by atoms with Crippen molar-refractivity contribution in [2.24, 2.45) is 5.92 Å². The molecule has 0 aromatic heterocycles. The summed E-state index contributed by atoms with van der Waals surface area (Å²) in [5.41, 5.74) is 1.59. The van der Waals surface area contributed by atoms with Crippen molar-refractivity contribution >= 4 is 11.8 Å². The number of hydrogen-bond acceptors (Lipinski definition) is 3. The molecule has 0 aliphatic heterocycles. The lowest BCUT2D eigenvalue weighted by Crippen LogP contribution is -2.31. The molecular weight excluding hydrogens is 232 g/mol. The molecule has 0 saturated carbocycles. The Morgan fingerprint density at radius 2 is 1.78 bits per heavy atom. The molecule has 3 N–H and O–H groups in total. The topological polar surface area (TPSA) is 78.4 Å². The van der Waals surface area contributed by atoms with E-state index >= 15 is 0 Å². The van der Waals surface area contributed by atoms with Crippen molar-refractivity contribution in [3.63, 3.8) is 0 Å². The van der Waals surface area contributed by atoms with Crippen LogP contribution in [0.2, 0.25) is 0 Å². The maximum atomic E-state index is 11.5. The lowest BCUT2D eigenvalue weighted by molar-refractivity contribution is -0.130. The Morgan fingerprint density at radius 3 is 2.39 bits per heavy atom. The Balaban J connectivity index is 3.49. The Hall–Kier alpha value is -1.10. The second-order valence-corrected chi connectivity index (χ2v) is 4.81. The Bertz CT molecular complexity index is 244. The van der Waals surface area contributed by atoms with E-state index in [1.54, 1.807) is 5.48 Å². The van der Waals surface area contributed by atoms with E-state index in [9.17, 15) is 9.59 Å². The number of carbonyl (C=O) groups excluding carboxylic acids is 2. The van der Waals surface area contributed by atoms with E-state index in [0.717, 1.165) is 12.8 Å². The molecule has 0 bridgehead atoms. The Labute approximate surface area is 109 Å². The summed E-state index contributed by atoms with van der Waals surface area (Å²) in [7, 11) is 0. The van der Waals surface area contributed by atoms with Gasteiger partial charge < -0.3 is 5.32 Å². The monoisotopic (exact) mass is 258 g/mol. The van der Waals surface area contributed by atoms with Crippen LogP contribution in [0.1, 0.15) is 58.8 Å². The van der Waals surface area contributed by atoms with Crippen LogP contribution in [-0.4, -0.2) is 23.6 Å². The standard InChI is InChI=1S/C13H26N2O3/c1-3-4-5-6-7-8-12(16)14-10-11(2)9-13(17)15-18/h11,18H,3-10H2,1-2H3,(H,14,16)(H,15,17). The van der Waals surface area contributed by atoms with Crippen LogP contribution in [0.25, 0.3) is 0 Å². The molecule has 0 fully saturated rings. The maximum absolute atomic E-state index is 11.5. The van der Waals surface area contributed by atoms with Crippen LogP contribution < -0.4 is 10.8 Å². The third kappa shape index (κ3) is 10.1. The van der Waals surface area contributed by atoms with Gasteiger partial charge in [-0.3, -0.25) is 14.8 Å². The third-order valence-electron chi connectivity index (χ3n) is 2.81. The van der Waals surface area contributed by atoms with Gasteiger partial charge in [0.1, 0.15) is 0 Å². The SMILES string of the molecule is CCCCCCCC(=O)NCC(C)CC(=O)NO.